The molecular weight excluding hydrogens is 216 g/mol. The largest absolute Gasteiger partial charge is 0.296 e. The van der Waals surface area contributed by atoms with Gasteiger partial charge < -0.3 is 0 Å². The standard InChI is InChI=1S/C13H20N2S/c1-3-8-15-9-4-5-12(15)11-6-7-13(16-2)14-10-11/h6-7,10,12H,3-5,8-9H2,1-2H3. The Morgan fingerprint density at radius 2 is 2.38 bits per heavy atom. The van der Waals surface area contributed by atoms with Gasteiger partial charge in [0.1, 0.15) is 0 Å². The molecule has 1 saturated heterocycles. The number of thioether (sulfide) groups is 1. The molecule has 16 heavy (non-hydrogen) atoms. The van der Waals surface area contributed by atoms with E-state index in [0.29, 0.717) is 6.04 Å². The summed E-state index contributed by atoms with van der Waals surface area (Å²) in [6, 6.07) is 5.00. The monoisotopic (exact) mass is 236 g/mol. The van der Waals surface area contributed by atoms with Crippen molar-refractivity contribution in [3.63, 3.8) is 0 Å². The quantitative estimate of drug-likeness (QED) is 0.746. The first-order valence-corrected chi connectivity index (χ1v) is 7.31. The van der Waals surface area contributed by atoms with E-state index in [2.05, 4.69) is 41.4 Å². The number of likely N-dealkylation sites (tertiary alicyclic amines) is 1. The highest BCUT2D eigenvalue weighted by molar-refractivity contribution is 7.98. The summed E-state index contributed by atoms with van der Waals surface area (Å²) in [5, 5.41) is 1.11. The summed E-state index contributed by atoms with van der Waals surface area (Å²) >= 11 is 1.71. The third-order valence-corrected chi connectivity index (χ3v) is 3.89. The zero-order valence-corrected chi connectivity index (χ0v) is 11.0. The molecule has 88 valence electrons. The summed E-state index contributed by atoms with van der Waals surface area (Å²) in [6.07, 6.45) is 7.99. The molecule has 1 unspecified atom stereocenters. The van der Waals surface area contributed by atoms with Crippen molar-refractivity contribution in [1.29, 1.82) is 0 Å². The first-order valence-electron chi connectivity index (χ1n) is 6.09. The smallest absolute Gasteiger partial charge is 0.0957 e. The molecule has 1 atom stereocenters. The SMILES string of the molecule is CCCN1CCCC1c1ccc(SC)nc1. The van der Waals surface area contributed by atoms with E-state index in [0.717, 1.165) is 5.03 Å². The second kappa shape index (κ2) is 5.69. The van der Waals surface area contributed by atoms with Crippen molar-refractivity contribution in [2.75, 3.05) is 19.3 Å². The second-order valence-corrected chi connectivity index (χ2v) is 5.15. The van der Waals surface area contributed by atoms with E-state index >= 15 is 0 Å². The van der Waals surface area contributed by atoms with E-state index in [1.54, 1.807) is 11.8 Å². The fourth-order valence-corrected chi connectivity index (χ4v) is 2.83. The van der Waals surface area contributed by atoms with E-state index in [-0.39, 0.29) is 0 Å². The van der Waals surface area contributed by atoms with Crippen LogP contribution < -0.4 is 0 Å². The Morgan fingerprint density at radius 1 is 1.50 bits per heavy atom. The van der Waals surface area contributed by atoms with E-state index in [9.17, 15) is 0 Å². The Kier molecular flexibility index (Phi) is 4.24. The normalized spacial score (nSPS) is 21.5. The minimum absolute atomic E-state index is 0.614. The highest BCUT2D eigenvalue weighted by Crippen LogP contribution is 2.31. The molecular formula is C13H20N2S. The average molecular weight is 236 g/mol. The molecule has 2 heterocycles. The number of hydrogen-bond donors (Lipinski definition) is 0. The molecule has 1 fully saturated rings. The minimum atomic E-state index is 0.614. The highest BCUT2D eigenvalue weighted by Gasteiger charge is 2.25. The van der Waals surface area contributed by atoms with Gasteiger partial charge in [-0.1, -0.05) is 13.0 Å². The summed E-state index contributed by atoms with van der Waals surface area (Å²) in [5.74, 6) is 0. The van der Waals surface area contributed by atoms with Crippen LogP contribution in [0.2, 0.25) is 0 Å². The van der Waals surface area contributed by atoms with Gasteiger partial charge in [-0.05, 0) is 50.2 Å². The van der Waals surface area contributed by atoms with Gasteiger partial charge in [0.15, 0.2) is 0 Å². The van der Waals surface area contributed by atoms with Gasteiger partial charge in [0.25, 0.3) is 0 Å². The maximum Gasteiger partial charge on any atom is 0.0957 e. The topological polar surface area (TPSA) is 16.1 Å². The van der Waals surface area contributed by atoms with Crippen LogP contribution in [0.3, 0.4) is 0 Å². The fourth-order valence-electron chi connectivity index (χ4n) is 2.47. The average Bonchev–Trinajstić information content (AvgIpc) is 2.78. The zero-order chi connectivity index (χ0) is 11.4. The van der Waals surface area contributed by atoms with Crippen LogP contribution in [0.15, 0.2) is 23.4 Å². The van der Waals surface area contributed by atoms with Crippen molar-refractivity contribution >= 4 is 11.8 Å². The third-order valence-electron chi connectivity index (χ3n) is 3.23. The lowest BCUT2D eigenvalue weighted by Gasteiger charge is -2.23. The molecule has 0 spiro atoms. The van der Waals surface area contributed by atoms with Crippen molar-refractivity contribution in [3.8, 4) is 0 Å². The molecule has 0 N–H and O–H groups in total. The predicted octanol–water partition coefficient (Wildman–Crippen LogP) is 3.35. The molecule has 1 aliphatic heterocycles. The Morgan fingerprint density at radius 3 is 3.00 bits per heavy atom. The number of aromatic nitrogens is 1. The number of pyridine rings is 1. The maximum absolute atomic E-state index is 4.47. The molecule has 2 nitrogen and oxygen atoms in total. The van der Waals surface area contributed by atoms with Crippen molar-refractivity contribution in [2.45, 2.75) is 37.3 Å². The molecule has 1 aromatic heterocycles. The fraction of sp³-hybridized carbons (Fsp3) is 0.615. The Bertz CT molecular complexity index is 323. The number of rotatable bonds is 4. The van der Waals surface area contributed by atoms with Crippen molar-refractivity contribution in [1.82, 2.24) is 9.88 Å². The second-order valence-electron chi connectivity index (χ2n) is 4.33. The van der Waals surface area contributed by atoms with Gasteiger partial charge in [0, 0.05) is 12.2 Å². The molecule has 0 radical (unpaired) electrons. The van der Waals surface area contributed by atoms with Gasteiger partial charge >= 0.3 is 0 Å². The lowest BCUT2D eigenvalue weighted by molar-refractivity contribution is 0.257. The van der Waals surface area contributed by atoms with Crippen LogP contribution in [-0.4, -0.2) is 29.2 Å². The lowest BCUT2D eigenvalue weighted by Crippen LogP contribution is -2.24. The van der Waals surface area contributed by atoms with Crippen LogP contribution in [0.25, 0.3) is 0 Å². The number of hydrogen-bond acceptors (Lipinski definition) is 3. The first kappa shape index (κ1) is 11.9. The van der Waals surface area contributed by atoms with Crippen LogP contribution in [0, 0.1) is 0 Å². The van der Waals surface area contributed by atoms with Gasteiger partial charge in [-0.15, -0.1) is 11.8 Å². The van der Waals surface area contributed by atoms with Gasteiger partial charge in [0.2, 0.25) is 0 Å². The summed E-state index contributed by atoms with van der Waals surface area (Å²) in [7, 11) is 0. The van der Waals surface area contributed by atoms with E-state index in [4.69, 9.17) is 0 Å². The van der Waals surface area contributed by atoms with Gasteiger partial charge in [-0.3, -0.25) is 4.90 Å². The van der Waals surface area contributed by atoms with E-state index < -0.39 is 0 Å². The van der Waals surface area contributed by atoms with Crippen LogP contribution in [0.4, 0.5) is 0 Å². The van der Waals surface area contributed by atoms with Gasteiger partial charge in [0.05, 0.1) is 5.03 Å². The molecule has 0 saturated carbocycles. The molecule has 3 heteroatoms. The van der Waals surface area contributed by atoms with Crippen LogP contribution in [-0.2, 0) is 0 Å². The van der Waals surface area contributed by atoms with Crippen LogP contribution in [0.5, 0.6) is 0 Å². The highest BCUT2D eigenvalue weighted by atomic mass is 32.2. The maximum atomic E-state index is 4.47. The summed E-state index contributed by atoms with van der Waals surface area (Å²) in [5.41, 5.74) is 1.39. The first-order chi connectivity index (χ1) is 7.85. The van der Waals surface area contributed by atoms with E-state index in [1.807, 2.05) is 0 Å². The Hall–Kier alpha value is -0.540. The molecule has 0 bridgehead atoms. The van der Waals surface area contributed by atoms with Crippen LogP contribution >= 0.6 is 11.8 Å². The molecule has 1 aromatic rings. The molecule has 2 rings (SSSR count). The molecule has 0 aliphatic carbocycles. The van der Waals surface area contributed by atoms with Crippen molar-refractivity contribution in [3.05, 3.63) is 23.9 Å². The number of nitrogens with zero attached hydrogens (tertiary/aromatic N) is 2. The van der Waals surface area contributed by atoms with Gasteiger partial charge in [-0.2, -0.15) is 0 Å². The third kappa shape index (κ3) is 2.58. The zero-order valence-electron chi connectivity index (χ0n) is 10.1. The van der Waals surface area contributed by atoms with Gasteiger partial charge in [-0.25, -0.2) is 4.98 Å². The van der Waals surface area contributed by atoms with Crippen molar-refractivity contribution < 1.29 is 0 Å². The summed E-state index contributed by atoms with van der Waals surface area (Å²) in [4.78, 5) is 7.07. The lowest BCUT2D eigenvalue weighted by atomic mass is 10.1. The summed E-state index contributed by atoms with van der Waals surface area (Å²) < 4.78 is 0. The molecule has 1 aliphatic rings. The van der Waals surface area contributed by atoms with Crippen molar-refractivity contribution in [2.24, 2.45) is 0 Å². The Labute approximate surface area is 102 Å². The van der Waals surface area contributed by atoms with E-state index in [1.165, 1.54) is 37.9 Å². The predicted molar refractivity (Wildman–Crippen MR) is 69.9 cm³/mol. The van der Waals surface area contributed by atoms with Crippen LogP contribution in [0.1, 0.15) is 37.8 Å². The minimum Gasteiger partial charge on any atom is -0.296 e. The molecule has 0 aromatic carbocycles. The summed E-state index contributed by atoms with van der Waals surface area (Å²) in [6.45, 7) is 4.72. The molecule has 0 amide bonds. The Balaban J connectivity index is 2.09.